The molecule has 0 bridgehead atoms. The lowest BCUT2D eigenvalue weighted by molar-refractivity contribution is 0.236. The number of carbonyl (C=O) groups is 1. The number of urea groups is 1. The summed E-state index contributed by atoms with van der Waals surface area (Å²) in [5, 5.41) is 9.44. The number of aromatic nitrogens is 4. The maximum absolute atomic E-state index is 12.0. The molecule has 3 rings (SSSR count). The number of aryl methyl sites for hydroxylation is 1. The summed E-state index contributed by atoms with van der Waals surface area (Å²) in [5.41, 5.74) is 0.836. The molecule has 1 atom stereocenters. The first-order valence-corrected chi connectivity index (χ1v) is 7.53. The SMILES string of the molecule is C[C@@H](NC(=O)NCc1nccn1C)c1noc(-c2ccccc2)n1. The number of hydrogen-bond acceptors (Lipinski definition) is 5. The van der Waals surface area contributed by atoms with E-state index in [2.05, 4.69) is 25.8 Å². The van der Waals surface area contributed by atoms with E-state index in [0.29, 0.717) is 18.3 Å². The molecule has 0 spiro atoms. The third-order valence-corrected chi connectivity index (χ3v) is 3.53. The second kappa shape index (κ2) is 6.95. The molecule has 3 aromatic rings. The highest BCUT2D eigenvalue weighted by Crippen LogP contribution is 2.18. The van der Waals surface area contributed by atoms with Crippen LogP contribution >= 0.6 is 0 Å². The maximum atomic E-state index is 12.0. The van der Waals surface area contributed by atoms with Gasteiger partial charge in [-0.1, -0.05) is 23.4 Å². The van der Waals surface area contributed by atoms with Crippen molar-refractivity contribution in [3.8, 4) is 11.5 Å². The predicted molar refractivity (Wildman–Crippen MR) is 86.7 cm³/mol. The van der Waals surface area contributed by atoms with Gasteiger partial charge in [0.15, 0.2) is 5.82 Å². The van der Waals surface area contributed by atoms with Gasteiger partial charge in [0.05, 0.1) is 12.6 Å². The molecule has 2 aromatic heterocycles. The fourth-order valence-corrected chi connectivity index (χ4v) is 2.15. The van der Waals surface area contributed by atoms with Crippen LogP contribution in [0.5, 0.6) is 0 Å². The Morgan fingerprint density at radius 1 is 1.33 bits per heavy atom. The standard InChI is InChI=1S/C16H18N6O2/c1-11(19-16(23)18-10-13-17-8-9-22(13)2)14-20-15(24-21-14)12-6-4-3-5-7-12/h3-9,11H,10H2,1-2H3,(H2,18,19,23)/t11-/m1/s1. The summed E-state index contributed by atoms with van der Waals surface area (Å²) in [6.07, 6.45) is 3.50. The van der Waals surface area contributed by atoms with E-state index in [1.54, 1.807) is 13.1 Å². The van der Waals surface area contributed by atoms with Crippen LogP contribution < -0.4 is 10.6 Å². The third kappa shape index (κ3) is 3.60. The van der Waals surface area contributed by atoms with E-state index in [1.165, 1.54) is 0 Å². The Bertz CT molecular complexity index is 811. The summed E-state index contributed by atoms with van der Waals surface area (Å²) in [6, 6.07) is 8.77. The number of hydrogen-bond donors (Lipinski definition) is 2. The van der Waals surface area contributed by atoms with Gasteiger partial charge in [0.1, 0.15) is 5.82 Å². The zero-order chi connectivity index (χ0) is 16.9. The molecule has 0 saturated heterocycles. The van der Waals surface area contributed by atoms with E-state index >= 15 is 0 Å². The van der Waals surface area contributed by atoms with Gasteiger partial charge < -0.3 is 19.7 Å². The Kier molecular flexibility index (Phi) is 4.55. The van der Waals surface area contributed by atoms with Crippen LogP contribution in [0.3, 0.4) is 0 Å². The van der Waals surface area contributed by atoms with Crippen LogP contribution in [-0.2, 0) is 13.6 Å². The van der Waals surface area contributed by atoms with Gasteiger partial charge in [0.2, 0.25) is 0 Å². The monoisotopic (exact) mass is 326 g/mol. The first-order valence-electron chi connectivity index (χ1n) is 7.53. The highest BCUT2D eigenvalue weighted by atomic mass is 16.5. The van der Waals surface area contributed by atoms with Crippen molar-refractivity contribution >= 4 is 6.03 Å². The summed E-state index contributed by atoms with van der Waals surface area (Å²) in [5.74, 6) is 1.61. The Morgan fingerprint density at radius 2 is 2.12 bits per heavy atom. The van der Waals surface area contributed by atoms with Gasteiger partial charge in [-0.25, -0.2) is 9.78 Å². The molecule has 1 aromatic carbocycles. The minimum absolute atomic E-state index is 0.323. The van der Waals surface area contributed by atoms with Crippen molar-refractivity contribution in [3.05, 3.63) is 54.4 Å². The fraction of sp³-hybridized carbons (Fsp3) is 0.250. The van der Waals surface area contributed by atoms with Crippen LogP contribution in [-0.4, -0.2) is 25.7 Å². The molecule has 0 fully saturated rings. The summed E-state index contributed by atoms with van der Waals surface area (Å²) >= 11 is 0. The zero-order valence-electron chi connectivity index (χ0n) is 13.4. The molecular weight excluding hydrogens is 308 g/mol. The zero-order valence-corrected chi connectivity index (χ0v) is 13.4. The van der Waals surface area contributed by atoms with Crippen molar-refractivity contribution in [2.75, 3.05) is 0 Å². The number of nitrogens with zero attached hydrogens (tertiary/aromatic N) is 4. The van der Waals surface area contributed by atoms with Gasteiger partial charge in [0.25, 0.3) is 5.89 Å². The third-order valence-electron chi connectivity index (χ3n) is 3.53. The minimum atomic E-state index is -0.382. The second-order valence-corrected chi connectivity index (χ2v) is 5.33. The summed E-state index contributed by atoms with van der Waals surface area (Å²) in [6.45, 7) is 2.13. The van der Waals surface area contributed by atoms with E-state index in [4.69, 9.17) is 4.52 Å². The molecule has 2 heterocycles. The second-order valence-electron chi connectivity index (χ2n) is 5.33. The Balaban J connectivity index is 1.57. The summed E-state index contributed by atoms with van der Waals surface area (Å²) in [4.78, 5) is 20.4. The lowest BCUT2D eigenvalue weighted by Crippen LogP contribution is -2.37. The van der Waals surface area contributed by atoms with Crippen molar-refractivity contribution < 1.29 is 9.32 Å². The van der Waals surface area contributed by atoms with Crippen LogP contribution in [0.4, 0.5) is 4.79 Å². The van der Waals surface area contributed by atoms with Crippen molar-refractivity contribution in [1.29, 1.82) is 0 Å². The Hall–Kier alpha value is -3.16. The normalized spacial score (nSPS) is 11.9. The molecule has 8 heteroatoms. The number of nitrogens with one attached hydrogen (secondary N) is 2. The van der Waals surface area contributed by atoms with Gasteiger partial charge in [0, 0.05) is 25.0 Å². The van der Waals surface area contributed by atoms with Crippen LogP contribution in [0.2, 0.25) is 0 Å². The van der Waals surface area contributed by atoms with Crippen LogP contribution in [0, 0.1) is 0 Å². The van der Waals surface area contributed by atoms with Gasteiger partial charge in [-0.15, -0.1) is 0 Å². The van der Waals surface area contributed by atoms with Crippen molar-refractivity contribution in [3.63, 3.8) is 0 Å². The molecule has 24 heavy (non-hydrogen) atoms. The topological polar surface area (TPSA) is 97.9 Å². The molecule has 0 aliphatic heterocycles. The summed E-state index contributed by atoms with van der Waals surface area (Å²) < 4.78 is 7.08. The number of amides is 2. The number of imidazole rings is 1. The van der Waals surface area contributed by atoms with Crippen molar-refractivity contribution in [2.24, 2.45) is 7.05 Å². The van der Waals surface area contributed by atoms with Crippen molar-refractivity contribution in [2.45, 2.75) is 19.5 Å². The van der Waals surface area contributed by atoms with Gasteiger partial charge in [-0.05, 0) is 19.1 Å². The lowest BCUT2D eigenvalue weighted by Gasteiger charge is -2.11. The average Bonchev–Trinajstić information content (AvgIpc) is 3.23. The maximum Gasteiger partial charge on any atom is 0.315 e. The molecule has 0 unspecified atom stereocenters. The van der Waals surface area contributed by atoms with Crippen molar-refractivity contribution in [1.82, 2.24) is 30.3 Å². The van der Waals surface area contributed by atoms with Gasteiger partial charge >= 0.3 is 6.03 Å². The van der Waals surface area contributed by atoms with E-state index in [-0.39, 0.29) is 12.1 Å². The smallest absolute Gasteiger partial charge is 0.315 e. The highest BCUT2D eigenvalue weighted by molar-refractivity contribution is 5.74. The first-order chi connectivity index (χ1) is 11.6. The molecule has 0 radical (unpaired) electrons. The lowest BCUT2D eigenvalue weighted by atomic mass is 10.2. The van der Waals surface area contributed by atoms with E-state index in [1.807, 2.05) is 48.1 Å². The van der Waals surface area contributed by atoms with Crippen LogP contribution in [0.1, 0.15) is 24.6 Å². The first kappa shape index (κ1) is 15.7. The molecule has 0 saturated carbocycles. The van der Waals surface area contributed by atoms with E-state index in [0.717, 1.165) is 11.4 Å². The molecule has 2 amide bonds. The van der Waals surface area contributed by atoms with E-state index < -0.39 is 0 Å². The van der Waals surface area contributed by atoms with E-state index in [9.17, 15) is 4.79 Å². The number of carbonyl (C=O) groups excluding carboxylic acids is 1. The molecular formula is C16H18N6O2. The van der Waals surface area contributed by atoms with Crippen LogP contribution in [0.25, 0.3) is 11.5 Å². The molecule has 0 aliphatic rings. The fourth-order valence-electron chi connectivity index (χ4n) is 2.15. The minimum Gasteiger partial charge on any atom is -0.337 e. The molecule has 2 N–H and O–H groups in total. The summed E-state index contributed by atoms with van der Waals surface area (Å²) in [7, 11) is 1.87. The Morgan fingerprint density at radius 3 is 2.83 bits per heavy atom. The largest absolute Gasteiger partial charge is 0.337 e. The molecule has 8 nitrogen and oxygen atoms in total. The van der Waals surface area contributed by atoms with Gasteiger partial charge in [-0.2, -0.15) is 4.98 Å². The number of rotatable bonds is 5. The predicted octanol–water partition coefficient (Wildman–Crippen LogP) is 2.03. The molecule has 0 aliphatic carbocycles. The number of benzene rings is 1. The highest BCUT2D eigenvalue weighted by Gasteiger charge is 2.17. The van der Waals surface area contributed by atoms with Gasteiger partial charge in [-0.3, -0.25) is 0 Å². The van der Waals surface area contributed by atoms with Crippen LogP contribution in [0.15, 0.2) is 47.2 Å². The molecule has 124 valence electrons. The quantitative estimate of drug-likeness (QED) is 0.747. The average molecular weight is 326 g/mol. The Labute approximate surface area is 138 Å².